The third-order valence-electron chi connectivity index (χ3n) is 3.07. The van der Waals surface area contributed by atoms with E-state index in [0.29, 0.717) is 12.2 Å². The van der Waals surface area contributed by atoms with E-state index in [1.807, 2.05) is 25.1 Å². The monoisotopic (exact) mass is 291 g/mol. The zero-order valence-electron chi connectivity index (χ0n) is 11.4. The minimum atomic E-state index is -3.21. The number of anilines is 1. The second-order valence-corrected chi connectivity index (χ2v) is 6.75. The molecule has 0 heterocycles. The number of benzene rings is 2. The Labute approximate surface area is 119 Å². The fourth-order valence-corrected chi connectivity index (χ4v) is 2.56. The summed E-state index contributed by atoms with van der Waals surface area (Å²) < 4.78 is 23.0. The summed E-state index contributed by atoms with van der Waals surface area (Å²) in [6, 6.07) is 12.2. The lowest BCUT2D eigenvalue weighted by molar-refractivity contribution is 0.465. The second kappa shape index (κ2) is 5.54. The van der Waals surface area contributed by atoms with Crippen LogP contribution in [0.2, 0.25) is 0 Å². The van der Waals surface area contributed by atoms with Gasteiger partial charge >= 0.3 is 0 Å². The molecule has 0 aromatic heterocycles. The summed E-state index contributed by atoms with van der Waals surface area (Å²) in [5.41, 5.74) is 2.29. The zero-order valence-corrected chi connectivity index (χ0v) is 12.2. The van der Waals surface area contributed by atoms with Gasteiger partial charge in [-0.15, -0.1) is 0 Å². The number of aryl methyl sites for hydroxylation is 1. The third kappa shape index (κ3) is 3.30. The lowest BCUT2D eigenvalue weighted by Crippen LogP contribution is -2.02. The Morgan fingerprint density at radius 2 is 1.85 bits per heavy atom. The lowest BCUT2D eigenvalue weighted by Gasteiger charge is -2.10. The maximum atomic E-state index is 11.5. The van der Waals surface area contributed by atoms with Crippen molar-refractivity contribution in [3.8, 4) is 5.75 Å². The van der Waals surface area contributed by atoms with E-state index in [-0.39, 0.29) is 10.6 Å². The minimum Gasteiger partial charge on any atom is -0.507 e. The van der Waals surface area contributed by atoms with E-state index in [9.17, 15) is 13.5 Å². The van der Waals surface area contributed by atoms with Gasteiger partial charge in [0.1, 0.15) is 5.75 Å². The topological polar surface area (TPSA) is 66.4 Å². The molecule has 2 rings (SSSR count). The highest BCUT2D eigenvalue weighted by atomic mass is 32.2. The molecule has 20 heavy (non-hydrogen) atoms. The van der Waals surface area contributed by atoms with Crippen molar-refractivity contribution < 1.29 is 13.5 Å². The highest BCUT2D eigenvalue weighted by Gasteiger charge is 2.08. The van der Waals surface area contributed by atoms with Crippen LogP contribution >= 0.6 is 0 Å². The van der Waals surface area contributed by atoms with E-state index in [1.165, 1.54) is 6.26 Å². The Morgan fingerprint density at radius 3 is 2.55 bits per heavy atom. The van der Waals surface area contributed by atoms with Gasteiger partial charge in [0.25, 0.3) is 0 Å². The molecule has 2 aromatic carbocycles. The van der Waals surface area contributed by atoms with Gasteiger partial charge in [0, 0.05) is 24.1 Å². The first kappa shape index (κ1) is 14.4. The molecule has 0 saturated heterocycles. The Morgan fingerprint density at radius 1 is 1.15 bits per heavy atom. The standard InChI is InChI=1S/C15H17NO3S/c1-11-5-3-6-12(15(11)17)10-16-13-7-4-8-14(9-13)20(2,18)19/h3-9,16-17H,10H2,1-2H3. The quantitative estimate of drug-likeness (QED) is 0.909. The number of sulfone groups is 1. The largest absolute Gasteiger partial charge is 0.507 e. The van der Waals surface area contributed by atoms with Crippen LogP contribution in [0.3, 0.4) is 0 Å². The van der Waals surface area contributed by atoms with Crippen LogP contribution in [0.25, 0.3) is 0 Å². The van der Waals surface area contributed by atoms with Gasteiger partial charge < -0.3 is 10.4 Å². The molecule has 0 aliphatic rings. The predicted octanol–water partition coefficient (Wildman–Crippen LogP) is 2.72. The van der Waals surface area contributed by atoms with Crippen LogP contribution in [0.5, 0.6) is 5.75 Å². The summed E-state index contributed by atoms with van der Waals surface area (Å²) in [4.78, 5) is 0.274. The van der Waals surface area contributed by atoms with Gasteiger partial charge in [-0.3, -0.25) is 0 Å². The average molecular weight is 291 g/mol. The Hall–Kier alpha value is -2.01. The summed E-state index contributed by atoms with van der Waals surface area (Å²) in [6.07, 6.45) is 1.18. The van der Waals surface area contributed by atoms with Crippen molar-refractivity contribution in [3.05, 3.63) is 53.6 Å². The minimum absolute atomic E-state index is 0.263. The number of phenolic OH excluding ortho intramolecular Hbond substituents is 1. The molecule has 0 aliphatic carbocycles. The molecule has 0 unspecified atom stereocenters. The molecule has 4 nitrogen and oxygen atoms in total. The predicted molar refractivity (Wildman–Crippen MR) is 79.7 cm³/mol. The van der Waals surface area contributed by atoms with Crippen molar-refractivity contribution in [3.63, 3.8) is 0 Å². The van der Waals surface area contributed by atoms with Crippen LogP contribution in [0.15, 0.2) is 47.4 Å². The molecule has 106 valence electrons. The van der Waals surface area contributed by atoms with Crippen LogP contribution in [-0.4, -0.2) is 19.8 Å². The summed E-state index contributed by atoms with van der Waals surface area (Å²) in [6.45, 7) is 2.27. The molecule has 0 fully saturated rings. The molecule has 0 bridgehead atoms. The Bertz CT molecular complexity index is 724. The molecule has 0 aliphatic heterocycles. The van der Waals surface area contributed by atoms with Crippen molar-refractivity contribution in [2.24, 2.45) is 0 Å². The summed E-state index contributed by atoms with van der Waals surface area (Å²) in [5, 5.41) is 13.0. The van der Waals surface area contributed by atoms with Gasteiger partial charge in [-0.05, 0) is 30.7 Å². The molecule has 2 N–H and O–H groups in total. The summed E-state index contributed by atoms with van der Waals surface area (Å²) in [5.74, 6) is 0.263. The maximum Gasteiger partial charge on any atom is 0.175 e. The molecule has 2 aromatic rings. The van der Waals surface area contributed by atoms with Crippen molar-refractivity contribution >= 4 is 15.5 Å². The molecule has 0 amide bonds. The number of para-hydroxylation sites is 1. The zero-order chi connectivity index (χ0) is 14.8. The number of rotatable bonds is 4. The van der Waals surface area contributed by atoms with Crippen molar-refractivity contribution in [2.75, 3.05) is 11.6 Å². The van der Waals surface area contributed by atoms with E-state index in [1.54, 1.807) is 24.3 Å². The fourth-order valence-electron chi connectivity index (χ4n) is 1.90. The van der Waals surface area contributed by atoms with Gasteiger partial charge in [0.05, 0.1) is 4.90 Å². The highest BCUT2D eigenvalue weighted by Crippen LogP contribution is 2.23. The fraction of sp³-hybridized carbons (Fsp3) is 0.200. The Kier molecular flexibility index (Phi) is 3.99. The first-order chi connectivity index (χ1) is 9.38. The number of aromatic hydroxyl groups is 1. The maximum absolute atomic E-state index is 11.5. The average Bonchev–Trinajstić information content (AvgIpc) is 2.40. The van der Waals surface area contributed by atoms with Crippen molar-refractivity contribution in [1.29, 1.82) is 0 Å². The van der Waals surface area contributed by atoms with Crippen molar-refractivity contribution in [1.82, 2.24) is 0 Å². The Balaban J connectivity index is 2.18. The van der Waals surface area contributed by atoms with Crippen LogP contribution in [0, 0.1) is 6.92 Å². The first-order valence-corrected chi connectivity index (χ1v) is 8.08. The molecular formula is C15H17NO3S. The van der Waals surface area contributed by atoms with Crippen molar-refractivity contribution in [2.45, 2.75) is 18.4 Å². The van der Waals surface area contributed by atoms with E-state index in [0.717, 1.165) is 11.1 Å². The molecule has 0 radical (unpaired) electrons. The van der Waals surface area contributed by atoms with E-state index >= 15 is 0 Å². The molecule has 0 spiro atoms. The molecule has 0 atom stereocenters. The van der Waals surface area contributed by atoms with Gasteiger partial charge in [-0.2, -0.15) is 0 Å². The van der Waals surface area contributed by atoms with Gasteiger partial charge in [-0.25, -0.2) is 8.42 Å². The van der Waals surface area contributed by atoms with Crippen LogP contribution in [-0.2, 0) is 16.4 Å². The number of phenols is 1. The normalized spacial score (nSPS) is 11.3. The third-order valence-corrected chi connectivity index (χ3v) is 4.18. The second-order valence-electron chi connectivity index (χ2n) is 4.74. The molecular weight excluding hydrogens is 274 g/mol. The molecule has 0 saturated carbocycles. The smallest absolute Gasteiger partial charge is 0.175 e. The van der Waals surface area contributed by atoms with Crippen LogP contribution < -0.4 is 5.32 Å². The number of hydrogen-bond acceptors (Lipinski definition) is 4. The van der Waals surface area contributed by atoms with E-state index < -0.39 is 9.84 Å². The lowest BCUT2D eigenvalue weighted by atomic mass is 10.1. The SMILES string of the molecule is Cc1cccc(CNc2cccc(S(C)(=O)=O)c2)c1O. The molecule has 5 heteroatoms. The van der Waals surface area contributed by atoms with E-state index in [4.69, 9.17) is 0 Å². The first-order valence-electron chi connectivity index (χ1n) is 6.19. The van der Waals surface area contributed by atoms with E-state index in [2.05, 4.69) is 5.32 Å². The summed E-state index contributed by atoms with van der Waals surface area (Å²) >= 11 is 0. The number of hydrogen-bond donors (Lipinski definition) is 2. The van der Waals surface area contributed by atoms with Crippen LogP contribution in [0.4, 0.5) is 5.69 Å². The van der Waals surface area contributed by atoms with Gasteiger partial charge in [0.15, 0.2) is 9.84 Å². The highest BCUT2D eigenvalue weighted by molar-refractivity contribution is 7.90. The van der Waals surface area contributed by atoms with Gasteiger partial charge in [-0.1, -0.05) is 24.3 Å². The summed E-state index contributed by atoms with van der Waals surface area (Å²) in [7, 11) is -3.21. The van der Waals surface area contributed by atoms with Crippen LogP contribution in [0.1, 0.15) is 11.1 Å². The number of nitrogens with one attached hydrogen (secondary N) is 1. The van der Waals surface area contributed by atoms with Gasteiger partial charge in [0.2, 0.25) is 0 Å².